The Bertz CT molecular complexity index is 1150. The standard InChI is InChI=1S/C20H24N6O3S/c1-3-8-15-22-19(24-23-15)30-12-14(27)16-17(21)26(11-13-9-6-5-7-10-13)20(29)25(4-2)18(16)28/h5-7,9-10H,3-4,8,11-12,21H2,1-2H3,(H,22,23,24). The second-order valence-electron chi connectivity index (χ2n) is 6.69. The summed E-state index contributed by atoms with van der Waals surface area (Å²) in [4.78, 5) is 42.7. The predicted octanol–water partition coefficient (Wildman–Crippen LogP) is 1.71. The molecule has 0 aliphatic rings. The first-order valence-corrected chi connectivity index (χ1v) is 10.7. The van der Waals surface area contributed by atoms with Crippen molar-refractivity contribution < 1.29 is 4.79 Å². The lowest BCUT2D eigenvalue weighted by Crippen LogP contribution is -2.44. The number of rotatable bonds is 9. The summed E-state index contributed by atoms with van der Waals surface area (Å²) in [6, 6.07) is 9.25. The van der Waals surface area contributed by atoms with Crippen molar-refractivity contribution >= 4 is 23.4 Å². The van der Waals surface area contributed by atoms with Gasteiger partial charge in [0.2, 0.25) is 5.16 Å². The van der Waals surface area contributed by atoms with Crippen LogP contribution in [0.1, 0.15) is 42.0 Å². The van der Waals surface area contributed by atoms with Gasteiger partial charge >= 0.3 is 5.69 Å². The molecule has 3 N–H and O–H groups in total. The first-order valence-electron chi connectivity index (χ1n) is 9.70. The van der Waals surface area contributed by atoms with Crippen molar-refractivity contribution in [2.75, 3.05) is 11.5 Å². The molecule has 3 aromatic rings. The Kier molecular flexibility index (Phi) is 6.88. The smallest absolute Gasteiger partial charge is 0.332 e. The van der Waals surface area contributed by atoms with Crippen LogP contribution in [0.5, 0.6) is 0 Å². The zero-order valence-corrected chi connectivity index (χ0v) is 17.7. The molecular weight excluding hydrogens is 404 g/mol. The molecule has 30 heavy (non-hydrogen) atoms. The number of hydrogen-bond donors (Lipinski definition) is 2. The number of benzene rings is 1. The molecule has 2 aromatic heterocycles. The number of hydrogen-bond acceptors (Lipinski definition) is 7. The van der Waals surface area contributed by atoms with Gasteiger partial charge in [-0.3, -0.25) is 23.8 Å². The fourth-order valence-corrected chi connectivity index (χ4v) is 3.76. The van der Waals surface area contributed by atoms with Crippen LogP contribution in [0.15, 0.2) is 45.1 Å². The van der Waals surface area contributed by atoms with Gasteiger partial charge in [-0.15, -0.1) is 5.10 Å². The Morgan fingerprint density at radius 2 is 1.90 bits per heavy atom. The first-order chi connectivity index (χ1) is 14.5. The molecule has 9 nitrogen and oxygen atoms in total. The maximum absolute atomic E-state index is 12.9. The molecule has 0 aliphatic carbocycles. The molecule has 0 bridgehead atoms. The van der Waals surface area contributed by atoms with Crippen LogP contribution in [0.3, 0.4) is 0 Å². The highest BCUT2D eigenvalue weighted by atomic mass is 32.2. The normalized spacial score (nSPS) is 11.0. The van der Waals surface area contributed by atoms with Gasteiger partial charge in [-0.05, 0) is 18.9 Å². The number of nitrogen functional groups attached to an aromatic ring is 1. The number of nitrogens with two attached hydrogens (primary N) is 1. The number of nitrogens with one attached hydrogen (secondary N) is 1. The molecule has 0 saturated carbocycles. The average Bonchev–Trinajstić information content (AvgIpc) is 3.18. The van der Waals surface area contributed by atoms with Gasteiger partial charge in [0, 0.05) is 13.0 Å². The minimum Gasteiger partial charge on any atom is -0.384 e. The van der Waals surface area contributed by atoms with Crippen molar-refractivity contribution in [1.29, 1.82) is 0 Å². The van der Waals surface area contributed by atoms with Crippen molar-refractivity contribution in [3.8, 4) is 0 Å². The second kappa shape index (κ2) is 9.57. The fourth-order valence-electron chi connectivity index (χ4n) is 3.07. The van der Waals surface area contributed by atoms with Crippen molar-refractivity contribution in [1.82, 2.24) is 24.3 Å². The molecule has 0 unspecified atom stereocenters. The molecule has 1 aromatic carbocycles. The third-order valence-corrected chi connectivity index (χ3v) is 5.42. The summed E-state index contributed by atoms with van der Waals surface area (Å²) in [6.45, 7) is 4.02. The average molecular weight is 429 g/mol. The minimum absolute atomic E-state index is 0.0594. The summed E-state index contributed by atoms with van der Waals surface area (Å²) < 4.78 is 2.30. The Labute approximate surface area is 177 Å². The van der Waals surface area contributed by atoms with Crippen LogP contribution in [0.25, 0.3) is 0 Å². The summed E-state index contributed by atoms with van der Waals surface area (Å²) in [5.74, 6) is 0.103. The third-order valence-electron chi connectivity index (χ3n) is 4.58. The van der Waals surface area contributed by atoms with Crippen LogP contribution in [0.2, 0.25) is 0 Å². The van der Waals surface area contributed by atoms with Gasteiger partial charge in [-0.1, -0.05) is 49.0 Å². The maximum atomic E-state index is 12.9. The zero-order chi connectivity index (χ0) is 21.7. The minimum atomic E-state index is -0.670. The number of H-pyrrole nitrogens is 1. The van der Waals surface area contributed by atoms with E-state index in [0.717, 1.165) is 40.6 Å². The molecule has 0 amide bonds. The van der Waals surface area contributed by atoms with E-state index in [9.17, 15) is 14.4 Å². The first kappa shape index (κ1) is 21.6. The van der Waals surface area contributed by atoms with E-state index in [4.69, 9.17) is 5.73 Å². The van der Waals surface area contributed by atoms with E-state index in [2.05, 4.69) is 15.2 Å². The molecule has 2 heterocycles. The summed E-state index contributed by atoms with van der Waals surface area (Å²) in [6.07, 6.45) is 1.69. The number of anilines is 1. The van der Waals surface area contributed by atoms with Crippen molar-refractivity contribution in [3.63, 3.8) is 0 Å². The van der Waals surface area contributed by atoms with Crippen LogP contribution in [-0.4, -0.2) is 35.9 Å². The number of ketones is 1. The molecule has 0 fully saturated rings. The Morgan fingerprint density at radius 3 is 2.57 bits per heavy atom. The molecule has 0 radical (unpaired) electrons. The fraction of sp³-hybridized carbons (Fsp3) is 0.350. The highest BCUT2D eigenvalue weighted by molar-refractivity contribution is 7.99. The quantitative estimate of drug-likeness (QED) is 0.392. The molecule has 0 saturated heterocycles. The molecular formula is C20H24N6O3S. The van der Waals surface area contributed by atoms with Crippen LogP contribution in [-0.2, 0) is 19.5 Å². The van der Waals surface area contributed by atoms with Gasteiger partial charge in [-0.25, -0.2) is 9.78 Å². The Hall–Kier alpha value is -3.14. The monoisotopic (exact) mass is 428 g/mol. The molecule has 10 heteroatoms. The van der Waals surface area contributed by atoms with Gasteiger partial charge in [0.15, 0.2) is 5.78 Å². The summed E-state index contributed by atoms with van der Waals surface area (Å²) >= 11 is 1.12. The van der Waals surface area contributed by atoms with E-state index in [-0.39, 0.29) is 30.2 Å². The topological polar surface area (TPSA) is 129 Å². The number of carbonyl (C=O) groups is 1. The number of Topliss-reactive ketones (excluding diaryl/α,β-unsaturated/α-hetero) is 1. The maximum Gasteiger partial charge on any atom is 0.332 e. The van der Waals surface area contributed by atoms with Crippen LogP contribution in [0.4, 0.5) is 5.82 Å². The summed E-state index contributed by atoms with van der Waals surface area (Å²) in [7, 11) is 0. The molecule has 0 aliphatic heterocycles. The number of aromatic nitrogens is 5. The van der Waals surface area contributed by atoms with Crippen LogP contribution in [0, 0.1) is 0 Å². The van der Waals surface area contributed by atoms with Gasteiger partial charge in [0.1, 0.15) is 17.2 Å². The lowest BCUT2D eigenvalue weighted by atomic mass is 10.2. The van der Waals surface area contributed by atoms with Crippen molar-refractivity contribution in [2.45, 2.75) is 44.9 Å². The van der Waals surface area contributed by atoms with E-state index < -0.39 is 17.0 Å². The van der Waals surface area contributed by atoms with Crippen LogP contribution < -0.4 is 17.0 Å². The highest BCUT2D eigenvalue weighted by Crippen LogP contribution is 2.17. The van der Waals surface area contributed by atoms with E-state index in [1.165, 1.54) is 4.57 Å². The predicted molar refractivity (Wildman–Crippen MR) is 116 cm³/mol. The number of aromatic amines is 1. The highest BCUT2D eigenvalue weighted by Gasteiger charge is 2.23. The third kappa shape index (κ3) is 4.54. The lowest BCUT2D eigenvalue weighted by Gasteiger charge is -2.15. The summed E-state index contributed by atoms with van der Waals surface area (Å²) in [5, 5.41) is 7.33. The largest absolute Gasteiger partial charge is 0.384 e. The molecule has 0 spiro atoms. The SMILES string of the molecule is CCCc1nc(SCC(=O)c2c(N)n(Cc3ccccc3)c(=O)n(CC)c2=O)n[nH]1. The van der Waals surface area contributed by atoms with E-state index >= 15 is 0 Å². The summed E-state index contributed by atoms with van der Waals surface area (Å²) in [5.41, 5.74) is 5.61. The van der Waals surface area contributed by atoms with Gasteiger partial charge < -0.3 is 5.73 Å². The zero-order valence-electron chi connectivity index (χ0n) is 16.9. The number of thioether (sulfide) groups is 1. The second-order valence-corrected chi connectivity index (χ2v) is 7.63. The molecule has 0 atom stereocenters. The number of nitrogens with zero attached hydrogens (tertiary/aromatic N) is 4. The van der Waals surface area contributed by atoms with Gasteiger partial charge in [0.25, 0.3) is 5.56 Å². The van der Waals surface area contributed by atoms with Gasteiger partial charge in [-0.2, -0.15) is 0 Å². The lowest BCUT2D eigenvalue weighted by molar-refractivity contribution is 0.102. The molecule has 3 rings (SSSR count). The van der Waals surface area contributed by atoms with Crippen molar-refractivity contribution in [3.05, 3.63) is 68.1 Å². The van der Waals surface area contributed by atoms with E-state index in [1.807, 2.05) is 37.3 Å². The number of carbonyl (C=O) groups excluding carboxylic acids is 1. The Morgan fingerprint density at radius 1 is 1.17 bits per heavy atom. The Balaban J connectivity index is 1.92. The molecule has 158 valence electrons. The van der Waals surface area contributed by atoms with E-state index in [0.29, 0.717) is 5.16 Å². The van der Waals surface area contributed by atoms with E-state index in [1.54, 1.807) is 6.92 Å². The van der Waals surface area contributed by atoms with Gasteiger partial charge in [0.05, 0.1) is 12.3 Å². The van der Waals surface area contributed by atoms with Crippen molar-refractivity contribution in [2.24, 2.45) is 0 Å². The van der Waals surface area contributed by atoms with Crippen LogP contribution >= 0.6 is 11.8 Å². The number of aryl methyl sites for hydroxylation is 1.